The van der Waals surface area contributed by atoms with E-state index in [9.17, 15) is 14.9 Å². The highest BCUT2D eigenvalue weighted by molar-refractivity contribution is 6.06. The van der Waals surface area contributed by atoms with Crippen molar-refractivity contribution in [1.82, 2.24) is 0 Å². The van der Waals surface area contributed by atoms with Crippen LogP contribution in [0.2, 0.25) is 0 Å². The number of nitrogens with zero attached hydrogens (tertiary/aromatic N) is 2. The predicted molar refractivity (Wildman–Crippen MR) is 134 cm³/mol. The Kier molecular flexibility index (Phi) is 5.62. The molecule has 2 heterocycles. The second kappa shape index (κ2) is 8.77. The third-order valence-electron chi connectivity index (χ3n) is 7.02. The van der Waals surface area contributed by atoms with E-state index < -0.39 is 29.3 Å². The highest BCUT2D eigenvalue weighted by Gasteiger charge is 2.66. The van der Waals surface area contributed by atoms with Gasteiger partial charge in [0, 0.05) is 22.7 Å². The largest absolute Gasteiger partial charge is 0.494 e. The molecule has 0 aliphatic carbocycles. The van der Waals surface area contributed by atoms with Gasteiger partial charge in [-0.25, -0.2) is 0 Å². The number of nitriles is 1. The van der Waals surface area contributed by atoms with Gasteiger partial charge in [-0.15, -0.1) is 0 Å². The van der Waals surface area contributed by atoms with E-state index in [-0.39, 0.29) is 5.78 Å². The zero-order chi connectivity index (χ0) is 24.6. The molecule has 0 bridgehead atoms. The summed E-state index contributed by atoms with van der Waals surface area (Å²) in [5.74, 6) is -1.28. The van der Waals surface area contributed by atoms with Crippen LogP contribution in [-0.2, 0) is 4.79 Å². The van der Waals surface area contributed by atoms with Crippen molar-refractivity contribution in [3.05, 3.63) is 102 Å². The monoisotopic (exact) mass is 463 g/mol. The first kappa shape index (κ1) is 22.4. The highest BCUT2D eigenvalue weighted by atomic mass is 16.5. The maximum atomic E-state index is 14.2. The zero-order valence-electron chi connectivity index (χ0n) is 19.3. The van der Waals surface area contributed by atoms with Gasteiger partial charge in [-0.05, 0) is 24.6 Å². The van der Waals surface area contributed by atoms with E-state index in [1.54, 1.807) is 30.3 Å². The van der Waals surface area contributed by atoms with Crippen molar-refractivity contribution in [2.75, 3.05) is 11.5 Å². The summed E-state index contributed by atoms with van der Waals surface area (Å²) < 4.78 is 5.91. The standard InChI is InChI=1S/C29H25N3O3/c1-2-35-23-15-9-7-13-21(23)25-26(27(33)20-11-4-3-5-12-20)32-22-14-8-6-10-19(22)16-17-24(32)29(25,18-30)28(31)34/h3-17,24-26H,2H2,1H3,(H2,31,34). The van der Waals surface area contributed by atoms with Crippen LogP contribution in [0, 0.1) is 16.7 Å². The molecule has 174 valence electrons. The number of ether oxygens (including phenoxy) is 1. The molecule has 2 N–H and O–H groups in total. The Hall–Kier alpha value is -4.37. The number of anilines is 1. The molecule has 0 saturated carbocycles. The molecule has 1 saturated heterocycles. The number of para-hydroxylation sites is 2. The van der Waals surface area contributed by atoms with Crippen LogP contribution >= 0.6 is 0 Å². The van der Waals surface area contributed by atoms with Crippen LogP contribution in [0.3, 0.4) is 0 Å². The summed E-state index contributed by atoms with van der Waals surface area (Å²) in [6, 6.07) is 24.6. The molecule has 1 amide bonds. The van der Waals surface area contributed by atoms with E-state index in [1.165, 1.54) is 0 Å². The Bertz CT molecular complexity index is 1360. The number of carbonyl (C=O) groups excluding carboxylic acids is 2. The Morgan fingerprint density at radius 3 is 2.43 bits per heavy atom. The first-order valence-electron chi connectivity index (χ1n) is 11.6. The van der Waals surface area contributed by atoms with Crippen LogP contribution in [0.1, 0.15) is 34.3 Å². The van der Waals surface area contributed by atoms with Crippen LogP contribution in [0.5, 0.6) is 5.75 Å². The molecule has 1 fully saturated rings. The SMILES string of the molecule is CCOc1ccccc1C1C(C(=O)c2ccccc2)N2c3ccccc3C=CC2C1(C#N)C(N)=O. The number of Topliss-reactive ketones (excluding diaryl/α,β-unsaturated/α-hetero) is 1. The molecule has 2 aliphatic heterocycles. The van der Waals surface area contributed by atoms with E-state index in [0.717, 1.165) is 11.3 Å². The van der Waals surface area contributed by atoms with E-state index in [4.69, 9.17) is 10.5 Å². The van der Waals surface area contributed by atoms with E-state index in [0.29, 0.717) is 23.5 Å². The predicted octanol–water partition coefficient (Wildman–Crippen LogP) is 4.33. The third kappa shape index (κ3) is 3.31. The van der Waals surface area contributed by atoms with Crippen molar-refractivity contribution in [2.24, 2.45) is 11.1 Å². The van der Waals surface area contributed by atoms with Gasteiger partial charge < -0.3 is 15.4 Å². The topological polar surface area (TPSA) is 96.4 Å². The number of amides is 1. The molecule has 6 nitrogen and oxygen atoms in total. The van der Waals surface area contributed by atoms with E-state index in [1.807, 2.05) is 72.5 Å². The van der Waals surface area contributed by atoms with Crippen molar-refractivity contribution in [1.29, 1.82) is 5.26 Å². The molecule has 4 atom stereocenters. The van der Waals surface area contributed by atoms with Crippen LogP contribution in [-0.4, -0.2) is 30.4 Å². The van der Waals surface area contributed by atoms with Gasteiger partial charge >= 0.3 is 0 Å². The Morgan fingerprint density at radius 1 is 1.03 bits per heavy atom. The summed E-state index contributed by atoms with van der Waals surface area (Å²) in [4.78, 5) is 29.4. The smallest absolute Gasteiger partial charge is 0.241 e. The second-order valence-corrected chi connectivity index (χ2v) is 8.74. The molecule has 4 unspecified atom stereocenters. The summed E-state index contributed by atoms with van der Waals surface area (Å²) in [5.41, 5.74) is 7.15. The number of hydrogen-bond acceptors (Lipinski definition) is 5. The van der Waals surface area contributed by atoms with Crippen LogP contribution in [0.25, 0.3) is 6.08 Å². The lowest BCUT2D eigenvalue weighted by Crippen LogP contribution is -2.49. The summed E-state index contributed by atoms with van der Waals surface area (Å²) in [6.45, 7) is 2.26. The van der Waals surface area contributed by atoms with Gasteiger partial charge in [-0.2, -0.15) is 5.26 Å². The molecule has 35 heavy (non-hydrogen) atoms. The zero-order valence-corrected chi connectivity index (χ0v) is 19.3. The average molecular weight is 464 g/mol. The van der Waals surface area contributed by atoms with Crippen molar-refractivity contribution in [2.45, 2.75) is 24.9 Å². The third-order valence-corrected chi connectivity index (χ3v) is 7.02. The number of rotatable bonds is 6. The number of hydrogen-bond donors (Lipinski definition) is 1. The molecule has 0 aromatic heterocycles. The Labute approximate surface area is 204 Å². The fourth-order valence-corrected chi connectivity index (χ4v) is 5.57. The first-order chi connectivity index (χ1) is 17.0. The maximum Gasteiger partial charge on any atom is 0.241 e. The van der Waals surface area contributed by atoms with Gasteiger partial charge in [0.25, 0.3) is 0 Å². The first-order valence-corrected chi connectivity index (χ1v) is 11.6. The van der Waals surface area contributed by atoms with Gasteiger partial charge in [-0.3, -0.25) is 9.59 Å². The fourth-order valence-electron chi connectivity index (χ4n) is 5.57. The molecule has 2 aliphatic rings. The van der Waals surface area contributed by atoms with Gasteiger partial charge in [0.05, 0.1) is 18.7 Å². The number of ketones is 1. The average Bonchev–Trinajstić information content (AvgIpc) is 3.21. The summed E-state index contributed by atoms with van der Waals surface area (Å²) in [7, 11) is 0. The van der Waals surface area contributed by atoms with E-state index >= 15 is 0 Å². The second-order valence-electron chi connectivity index (χ2n) is 8.74. The molecule has 0 radical (unpaired) electrons. The van der Waals surface area contributed by atoms with Gasteiger partial charge in [0.15, 0.2) is 11.2 Å². The lowest BCUT2D eigenvalue weighted by atomic mass is 9.67. The van der Waals surface area contributed by atoms with Crippen LogP contribution in [0.4, 0.5) is 5.69 Å². The van der Waals surface area contributed by atoms with Gasteiger partial charge in [-0.1, -0.05) is 78.9 Å². The van der Waals surface area contributed by atoms with E-state index in [2.05, 4.69) is 6.07 Å². The molecule has 3 aromatic rings. The van der Waals surface area contributed by atoms with Crippen molar-refractivity contribution in [3.8, 4) is 11.8 Å². The summed E-state index contributed by atoms with van der Waals surface area (Å²) in [6.07, 6.45) is 3.72. The van der Waals surface area contributed by atoms with Crippen LogP contribution < -0.4 is 15.4 Å². The summed E-state index contributed by atoms with van der Waals surface area (Å²) >= 11 is 0. The number of primary amides is 1. The maximum absolute atomic E-state index is 14.2. The van der Waals surface area contributed by atoms with Crippen molar-refractivity contribution < 1.29 is 14.3 Å². The minimum absolute atomic E-state index is 0.185. The molecule has 6 heteroatoms. The fraction of sp³-hybridized carbons (Fsp3) is 0.207. The van der Waals surface area contributed by atoms with Crippen molar-refractivity contribution in [3.63, 3.8) is 0 Å². The minimum Gasteiger partial charge on any atom is -0.494 e. The normalized spacial score (nSPS) is 24.2. The lowest BCUT2D eigenvalue weighted by molar-refractivity contribution is -0.125. The Balaban J connectivity index is 1.83. The molecule has 5 rings (SSSR count). The molecule has 0 spiro atoms. The molecular formula is C29H25N3O3. The van der Waals surface area contributed by atoms with Gasteiger partial charge in [0.2, 0.25) is 5.91 Å². The highest BCUT2D eigenvalue weighted by Crippen LogP contribution is 2.57. The summed E-state index contributed by atoms with van der Waals surface area (Å²) in [5, 5.41) is 10.6. The molecule has 3 aromatic carbocycles. The molecular weight excluding hydrogens is 438 g/mol. The Morgan fingerprint density at radius 2 is 1.71 bits per heavy atom. The number of nitrogens with two attached hydrogens (primary N) is 1. The number of benzene rings is 3. The van der Waals surface area contributed by atoms with Crippen molar-refractivity contribution >= 4 is 23.5 Å². The van der Waals surface area contributed by atoms with Crippen LogP contribution in [0.15, 0.2) is 84.9 Å². The lowest BCUT2D eigenvalue weighted by Gasteiger charge is -2.36. The van der Waals surface area contributed by atoms with Gasteiger partial charge in [0.1, 0.15) is 11.8 Å². The number of carbonyl (C=O) groups is 2. The quantitative estimate of drug-likeness (QED) is 0.549. The number of fused-ring (bicyclic) bond motifs is 3. The minimum atomic E-state index is -1.70.